The van der Waals surface area contributed by atoms with Gasteiger partial charge in [-0.2, -0.15) is 5.10 Å². The molecule has 1 aliphatic heterocycles. The van der Waals surface area contributed by atoms with Crippen molar-refractivity contribution in [2.75, 3.05) is 13.1 Å². The van der Waals surface area contributed by atoms with E-state index in [9.17, 15) is 4.79 Å². The Labute approximate surface area is 127 Å². The number of carbonyl (C=O) groups excluding carboxylic acids is 1. The number of hydrogen-bond acceptors (Lipinski definition) is 3. The molecule has 0 spiro atoms. The number of benzene rings is 1. The number of nitrogens with zero attached hydrogens (tertiary/aromatic N) is 4. The third-order valence-corrected chi connectivity index (χ3v) is 4.34. The van der Waals surface area contributed by atoms with Crippen molar-refractivity contribution in [2.24, 2.45) is 0 Å². The third kappa shape index (κ3) is 2.26. The van der Waals surface area contributed by atoms with Crippen LogP contribution in [0, 0.1) is 0 Å². The fraction of sp³-hybridized carbons (Fsp3) is 0.312. The molecule has 22 heavy (non-hydrogen) atoms. The molecule has 1 amide bonds. The van der Waals surface area contributed by atoms with Crippen molar-refractivity contribution < 1.29 is 4.79 Å². The van der Waals surface area contributed by atoms with Gasteiger partial charge in [-0.05, 0) is 24.6 Å². The largest absolute Gasteiger partial charge is 0.340 e. The van der Waals surface area contributed by atoms with Crippen molar-refractivity contribution in [2.45, 2.75) is 18.9 Å². The van der Waals surface area contributed by atoms with Crippen LogP contribution in [-0.4, -0.2) is 43.6 Å². The molecule has 1 fully saturated rings. The van der Waals surface area contributed by atoms with Gasteiger partial charge < -0.3 is 9.47 Å². The number of carbonyl (C=O) groups is 1. The predicted octanol–water partition coefficient (Wildman–Crippen LogP) is 1.78. The summed E-state index contributed by atoms with van der Waals surface area (Å²) < 4.78 is 1.92. The molecule has 3 aromatic rings. The molecular weight excluding hydrogens is 278 g/mol. The van der Waals surface area contributed by atoms with E-state index in [4.69, 9.17) is 0 Å². The van der Waals surface area contributed by atoms with Crippen molar-refractivity contribution in [3.05, 3.63) is 48.5 Å². The highest BCUT2D eigenvalue weighted by Gasteiger charge is 2.28. The first-order valence-electron chi connectivity index (χ1n) is 7.48. The molecule has 0 aliphatic carbocycles. The molecule has 1 N–H and O–H groups in total. The second-order valence-corrected chi connectivity index (χ2v) is 5.70. The van der Waals surface area contributed by atoms with Crippen LogP contribution in [0.1, 0.15) is 18.0 Å². The molecule has 112 valence electrons. The van der Waals surface area contributed by atoms with E-state index >= 15 is 0 Å². The number of rotatable bonds is 3. The van der Waals surface area contributed by atoms with E-state index in [2.05, 4.69) is 15.2 Å². The molecule has 0 saturated carbocycles. The lowest BCUT2D eigenvalue weighted by Crippen LogP contribution is -2.31. The van der Waals surface area contributed by atoms with E-state index in [0.29, 0.717) is 12.5 Å². The van der Waals surface area contributed by atoms with E-state index < -0.39 is 0 Å². The van der Waals surface area contributed by atoms with E-state index in [-0.39, 0.29) is 5.91 Å². The van der Waals surface area contributed by atoms with Crippen LogP contribution in [-0.2, 0) is 11.3 Å². The molecule has 1 saturated heterocycles. The Hall–Kier alpha value is -2.63. The van der Waals surface area contributed by atoms with Crippen LogP contribution in [0.5, 0.6) is 0 Å². The van der Waals surface area contributed by atoms with Crippen LogP contribution in [0.15, 0.2) is 42.9 Å². The molecule has 6 heteroatoms. The number of imidazole rings is 1. The normalized spacial score (nSPS) is 18.2. The number of likely N-dealkylation sites (tertiary alicyclic amines) is 1. The highest BCUT2D eigenvalue weighted by atomic mass is 16.2. The van der Waals surface area contributed by atoms with E-state index in [1.165, 1.54) is 0 Å². The lowest BCUT2D eigenvalue weighted by atomic mass is 10.1. The summed E-state index contributed by atoms with van der Waals surface area (Å²) in [7, 11) is 0. The summed E-state index contributed by atoms with van der Waals surface area (Å²) in [6.45, 7) is 1.90. The molecule has 0 radical (unpaired) electrons. The summed E-state index contributed by atoms with van der Waals surface area (Å²) in [4.78, 5) is 18.8. The van der Waals surface area contributed by atoms with Crippen LogP contribution in [0.3, 0.4) is 0 Å². The van der Waals surface area contributed by atoms with Crippen molar-refractivity contribution >= 4 is 16.9 Å². The minimum absolute atomic E-state index is 0.144. The zero-order chi connectivity index (χ0) is 14.9. The zero-order valence-electron chi connectivity index (χ0n) is 12.1. The van der Waals surface area contributed by atoms with Gasteiger partial charge in [-0.1, -0.05) is 12.1 Å². The maximum atomic E-state index is 12.5. The van der Waals surface area contributed by atoms with E-state index in [1.54, 1.807) is 12.5 Å². The van der Waals surface area contributed by atoms with E-state index in [0.717, 1.165) is 36.2 Å². The van der Waals surface area contributed by atoms with E-state index in [1.807, 2.05) is 39.8 Å². The quantitative estimate of drug-likeness (QED) is 0.801. The third-order valence-electron chi connectivity index (χ3n) is 4.34. The number of fused-ring (bicyclic) bond motifs is 1. The van der Waals surface area contributed by atoms with Crippen LogP contribution < -0.4 is 0 Å². The first-order chi connectivity index (χ1) is 10.8. The molecule has 6 nitrogen and oxygen atoms in total. The van der Waals surface area contributed by atoms with Gasteiger partial charge in [0.25, 0.3) is 0 Å². The summed E-state index contributed by atoms with van der Waals surface area (Å²) in [5, 5.41) is 7.00. The number of aromatic amines is 1. The Morgan fingerprint density at radius 1 is 1.32 bits per heavy atom. The number of H-pyrrole nitrogens is 1. The Morgan fingerprint density at radius 3 is 3.09 bits per heavy atom. The highest BCUT2D eigenvalue weighted by Crippen LogP contribution is 2.25. The lowest BCUT2D eigenvalue weighted by Gasteiger charge is -2.16. The van der Waals surface area contributed by atoms with Crippen molar-refractivity contribution in [1.82, 2.24) is 24.6 Å². The molecule has 2 aromatic heterocycles. The first kappa shape index (κ1) is 13.1. The van der Waals surface area contributed by atoms with Crippen molar-refractivity contribution in [1.29, 1.82) is 0 Å². The van der Waals surface area contributed by atoms with Crippen LogP contribution in [0.4, 0.5) is 0 Å². The Kier molecular flexibility index (Phi) is 3.14. The topological polar surface area (TPSA) is 66.8 Å². The summed E-state index contributed by atoms with van der Waals surface area (Å²) in [6, 6.07) is 9.86. The van der Waals surface area contributed by atoms with Gasteiger partial charge in [0.15, 0.2) is 0 Å². The number of amides is 1. The standard InChI is InChI=1S/C16H17N5O/c22-16(10-21-11-17-14-3-1-2-4-15(14)21)20-8-6-12(9-20)13-5-7-18-19-13/h1-5,7,11-12H,6,8-10H2,(H,18,19)/t12-/m0/s1. The Bertz CT molecular complexity index is 792. The predicted molar refractivity (Wildman–Crippen MR) is 82.3 cm³/mol. The van der Waals surface area contributed by atoms with Gasteiger partial charge in [0.05, 0.1) is 17.4 Å². The lowest BCUT2D eigenvalue weighted by molar-refractivity contribution is -0.130. The highest BCUT2D eigenvalue weighted by molar-refractivity contribution is 5.80. The number of hydrogen-bond donors (Lipinski definition) is 1. The Balaban J connectivity index is 1.47. The summed E-state index contributed by atoms with van der Waals surface area (Å²) in [5.41, 5.74) is 3.04. The maximum Gasteiger partial charge on any atom is 0.242 e. The SMILES string of the molecule is O=C(Cn1cnc2ccccc21)N1CC[C@H](c2ccn[nH]2)C1. The van der Waals surface area contributed by atoms with Crippen LogP contribution in [0.2, 0.25) is 0 Å². The molecule has 1 aromatic carbocycles. The van der Waals surface area contributed by atoms with Gasteiger partial charge in [-0.15, -0.1) is 0 Å². The number of para-hydroxylation sites is 2. The Morgan fingerprint density at radius 2 is 2.23 bits per heavy atom. The smallest absolute Gasteiger partial charge is 0.242 e. The molecular formula is C16H17N5O. The number of aromatic nitrogens is 4. The molecule has 0 bridgehead atoms. The molecule has 1 aliphatic rings. The van der Waals surface area contributed by atoms with Gasteiger partial charge in [0.2, 0.25) is 5.91 Å². The van der Waals surface area contributed by atoms with Gasteiger partial charge in [0, 0.05) is 30.9 Å². The van der Waals surface area contributed by atoms with Crippen molar-refractivity contribution in [3.8, 4) is 0 Å². The van der Waals surface area contributed by atoms with Gasteiger partial charge in [0.1, 0.15) is 6.54 Å². The molecule has 1 atom stereocenters. The summed E-state index contributed by atoms with van der Waals surface area (Å²) in [6.07, 6.45) is 4.49. The number of nitrogens with one attached hydrogen (secondary N) is 1. The van der Waals surface area contributed by atoms with Crippen LogP contribution >= 0.6 is 0 Å². The van der Waals surface area contributed by atoms with Crippen molar-refractivity contribution in [3.63, 3.8) is 0 Å². The monoisotopic (exact) mass is 295 g/mol. The molecule has 3 heterocycles. The fourth-order valence-electron chi connectivity index (χ4n) is 3.12. The minimum atomic E-state index is 0.144. The maximum absolute atomic E-state index is 12.5. The average molecular weight is 295 g/mol. The zero-order valence-corrected chi connectivity index (χ0v) is 12.1. The first-order valence-corrected chi connectivity index (χ1v) is 7.48. The van der Waals surface area contributed by atoms with Gasteiger partial charge >= 0.3 is 0 Å². The minimum Gasteiger partial charge on any atom is -0.340 e. The fourth-order valence-corrected chi connectivity index (χ4v) is 3.12. The second kappa shape index (κ2) is 5.29. The average Bonchev–Trinajstić information content (AvgIpc) is 3.28. The summed E-state index contributed by atoms with van der Waals surface area (Å²) in [5.74, 6) is 0.510. The molecule has 4 rings (SSSR count). The second-order valence-electron chi connectivity index (χ2n) is 5.70. The molecule has 0 unspecified atom stereocenters. The van der Waals surface area contributed by atoms with Gasteiger partial charge in [-0.25, -0.2) is 4.98 Å². The van der Waals surface area contributed by atoms with Gasteiger partial charge in [-0.3, -0.25) is 9.89 Å². The summed E-state index contributed by atoms with van der Waals surface area (Å²) >= 11 is 0. The van der Waals surface area contributed by atoms with Crippen LogP contribution in [0.25, 0.3) is 11.0 Å².